The predicted octanol–water partition coefficient (Wildman–Crippen LogP) is 5.96. The van der Waals surface area contributed by atoms with Crippen LogP contribution in [0.25, 0.3) is 21.3 Å². The number of Topliss-reactive ketones (excluding diaryl/α,β-unsaturated/α-hetero) is 1. The summed E-state index contributed by atoms with van der Waals surface area (Å²) in [7, 11) is 0. The molecule has 1 amide bonds. The minimum atomic E-state index is -0.0831. The third-order valence-corrected chi connectivity index (χ3v) is 7.23. The molecule has 0 bridgehead atoms. The van der Waals surface area contributed by atoms with Crippen molar-refractivity contribution < 1.29 is 18.7 Å². The van der Waals surface area contributed by atoms with Gasteiger partial charge in [-0.25, -0.2) is 4.98 Å². The molecule has 174 valence electrons. The number of ketones is 1. The highest BCUT2D eigenvalue weighted by Gasteiger charge is 2.29. The number of hydrogen-bond acceptors (Lipinski definition) is 7. The number of benzene rings is 2. The molecular weight excluding hydrogens is 462 g/mol. The van der Waals surface area contributed by atoms with Crippen molar-refractivity contribution in [2.45, 2.75) is 12.8 Å². The normalized spacial score (nSPS) is 14.5. The summed E-state index contributed by atoms with van der Waals surface area (Å²) in [5, 5.41) is 1.23. The molecule has 35 heavy (non-hydrogen) atoms. The van der Waals surface area contributed by atoms with Crippen LogP contribution in [0.15, 0.2) is 77.5 Å². The summed E-state index contributed by atoms with van der Waals surface area (Å²) < 4.78 is 12.6. The van der Waals surface area contributed by atoms with E-state index in [1.807, 2.05) is 48.5 Å². The maximum absolute atomic E-state index is 13.2. The van der Waals surface area contributed by atoms with E-state index in [-0.39, 0.29) is 17.6 Å². The third-order valence-electron chi connectivity index (χ3n) is 6.34. The molecule has 0 N–H and O–H groups in total. The average molecular weight is 484 g/mol. The molecule has 0 radical (unpaired) electrons. The number of piperidine rings is 1. The summed E-state index contributed by atoms with van der Waals surface area (Å²) in [6.45, 7) is 1.09. The lowest BCUT2D eigenvalue weighted by atomic mass is 9.88. The number of hydrogen-bond donors (Lipinski definition) is 0. The summed E-state index contributed by atoms with van der Waals surface area (Å²) >= 11 is 1.42. The number of likely N-dealkylation sites (tertiary alicyclic amines) is 1. The number of fused-ring (bicyclic) bond motifs is 2. The van der Waals surface area contributed by atoms with Crippen molar-refractivity contribution in [3.05, 3.63) is 84.3 Å². The number of amides is 1. The first-order valence-electron chi connectivity index (χ1n) is 11.4. The van der Waals surface area contributed by atoms with Crippen LogP contribution in [0, 0.1) is 5.92 Å². The molecule has 2 aromatic carbocycles. The maximum Gasteiger partial charge on any atom is 0.281 e. The molecular formula is C27H21N3O4S. The van der Waals surface area contributed by atoms with E-state index in [1.54, 1.807) is 23.2 Å². The summed E-state index contributed by atoms with van der Waals surface area (Å²) in [4.78, 5) is 36.4. The van der Waals surface area contributed by atoms with Crippen molar-refractivity contribution in [3.8, 4) is 10.9 Å². The highest BCUT2D eigenvalue weighted by Crippen LogP contribution is 2.33. The molecule has 0 saturated carbocycles. The number of ether oxygens (including phenoxy) is 1. The SMILES string of the molecule is O=C(c1ccccc1)C1CCN(C(=O)c2coc3cc(Oc4nc5ncccc5s4)ccc23)CC1. The first-order valence-corrected chi connectivity index (χ1v) is 12.3. The van der Waals surface area contributed by atoms with Crippen molar-refractivity contribution in [3.63, 3.8) is 0 Å². The lowest BCUT2D eigenvalue weighted by molar-refractivity contribution is 0.0651. The van der Waals surface area contributed by atoms with Crippen LogP contribution in [0.3, 0.4) is 0 Å². The molecule has 3 aromatic heterocycles. The van der Waals surface area contributed by atoms with Gasteiger partial charge in [0.2, 0.25) is 0 Å². The van der Waals surface area contributed by atoms with Gasteiger partial charge in [0.1, 0.15) is 17.6 Å². The Balaban J connectivity index is 1.14. The van der Waals surface area contributed by atoms with E-state index in [9.17, 15) is 9.59 Å². The first kappa shape index (κ1) is 21.5. The van der Waals surface area contributed by atoms with Gasteiger partial charge in [-0.2, -0.15) is 4.98 Å². The molecule has 4 heterocycles. The van der Waals surface area contributed by atoms with Gasteiger partial charge < -0.3 is 14.1 Å². The number of carbonyl (C=O) groups is 2. The van der Waals surface area contributed by atoms with Crippen LogP contribution in [0.2, 0.25) is 0 Å². The maximum atomic E-state index is 13.2. The molecule has 1 aliphatic heterocycles. The van der Waals surface area contributed by atoms with Crippen molar-refractivity contribution in [2.75, 3.05) is 13.1 Å². The second kappa shape index (κ2) is 8.96. The van der Waals surface area contributed by atoms with Gasteiger partial charge in [-0.3, -0.25) is 9.59 Å². The number of thiazole rings is 1. The minimum Gasteiger partial charge on any atom is -0.463 e. The Morgan fingerprint density at radius 2 is 1.86 bits per heavy atom. The fraction of sp³-hybridized carbons (Fsp3) is 0.185. The second-order valence-electron chi connectivity index (χ2n) is 8.51. The molecule has 0 unspecified atom stereocenters. The Kier molecular flexibility index (Phi) is 5.50. The van der Waals surface area contributed by atoms with Crippen LogP contribution in [-0.4, -0.2) is 39.6 Å². The Morgan fingerprint density at radius 1 is 1.03 bits per heavy atom. The van der Waals surface area contributed by atoms with Gasteiger partial charge in [-0.15, -0.1) is 0 Å². The lowest BCUT2D eigenvalue weighted by Gasteiger charge is -2.31. The molecule has 0 aliphatic carbocycles. The number of furan rings is 1. The van der Waals surface area contributed by atoms with Crippen LogP contribution in [0.5, 0.6) is 10.9 Å². The zero-order valence-electron chi connectivity index (χ0n) is 18.7. The van der Waals surface area contributed by atoms with E-state index in [0.29, 0.717) is 53.7 Å². The van der Waals surface area contributed by atoms with Gasteiger partial charge in [0, 0.05) is 42.2 Å². The molecule has 0 spiro atoms. The second-order valence-corrected chi connectivity index (χ2v) is 9.50. The smallest absolute Gasteiger partial charge is 0.281 e. The Labute approximate surface area is 205 Å². The van der Waals surface area contributed by atoms with Crippen LogP contribution in [-0.2, 0) is 0 Å². The summed E-state index contributed by atoms with van der Waals surface area (Å²) in [6.07, 6.45) is 4.51. The predicted molar refractivity (Wildman–Crippen MR) is 133 cm³/mol. The molecule has 1 fully saturated rings. The first-order chi connectivity index (χ1) is 17.2. The Hall–Kier alpha value is -4.04. The molecule has 1 aliphatic rings. The van der Waals surface area contributed by atoms with Crippen LogP contribution >= 0.6 is 11.3 Å². The largest absolute Gasteiger partial charge is 0.463 e. The van der Waals surface area contributed by atoms with E-state index in [1.165, 1.54) is 17.6 Å². The van der Waals surface area contributed by atoms with Gasteiger partial charge in [0.15, 0.2) is 11.4 Å². The van der Waals surface area contributed by atoms with E-state index in [4.69, 9.17) is 9.15 Å². The molecule has 7 nitrogen and oxygen atoms in total. The highest BCUT2D eigenvalue weighted by molar-refractivity contribution is 7.20. The average Bonchev–Trinajstić information content (AvgIpc) is 3.52. The van der Waals surface area contributed by atoms with Gasteiger partial charge in [0.25, 0.3) is 11.1 Å². The van der Waals surface area contributed by atoms with Crippen molar-refractivity contribution in [1.82, 2.24) is 14.9 Å². The Bertz CT molecular complexity index is 1500. The molecule has 6 rings (SSSR count). The van der Waals surface area contributed by atoms with Crippen molar-refractivity contribution in [1.29, 1.82) is 0 Å². The van der Waals surface area contributed by atoms with E-state index in [0.717, 1.165) is 15.6 Å². The third kappa shape index (κ3) is 4.17. The lowest BCUT2D eigenvalue weighted by Crippen LogP contribution is -2.40. The van der Waals surface area contributed by atoms with Gasteiger partial charge in [-0.05, 0) is 37.1 Å². The quantitative estimate of drug-likeness (QED) is 0.287. The standard InChI is InChI=1S/C27H21N3O4S/c31-24(17-5-2-1-3-6-17)18-10-13-30(14-11-18)26(32)21-16-33-22-15-19(8-9-20(21)22)34-27-29-25-23(35-27)7-4-12-28-25/h1-9,12,15-16,18H,10-11,13-14H2. The summed E-state index contributed by atoms with van der Waals surface area (Å²) in [5.74, 6) is 0.591. The highest BCUT2D eigenvalue weighted by atomic mass is 32.1. The fourth-order valence-corrected chi connectivity index (χ4v) is 5.28. The van der Waals surface area contributed by atoms with Gasteiger partial charge in [0.05, 0.1) is 10.3 Å². The molecule has 1 saturated heterocycles. The van der Waals surface area contributed by atoms with Crippen molar-refractivity contribution >= 4 is 44.3 Å². The summed E-state index contributed by atoms with van der Waals surface area (Å²) in [6, 6.07) is 18.6. The minimum absolute atomic E-state index is 0.0556. The number of pyridine rings is 1. The number of aromatic nitrogens is 2. The number of carbonyl (C=O) groups excluding carboxylic acids is 2. The van der Waals surface area contributed by atoms with Crippen LogP contribution in [0.4, 0.5) is 0 Å². The molecule has 5 aromatic rings. The fourth-order valence-electron chi connectivity index (χ4n) is 4.48. The zero-order valence-corrected chi connectivity index (χ0v) is 19.5. The van der Waals surface area contributed by atoms with Gasteiger partial charge in [-0.1, -0.05) is 41.7 Å². The van der Waals surface area contributed by atoms with E-state index < -0.39 is 0 Å². The van der Waals surface area contributed by atoms with Crippen LogP contribution in [0.1, 0.15) is 33.6 Å². The Morgan fingerprint density at radius 3 is 2.66 bits per heavy atom. The van der Waals surface area contributed by atoms with Crippen molar-refractivity contribution in [2.24, 2.45) is 5.92 Å². The van der Waals surface area contributed by atoms with E-state index in [2.05, 4.69) is 9.97 Å². The summed E-state index contributed by atoms with van der Waals surface area (Å²) in [5.41, 5.74) is 2.47. The molecule has 0 atom stereocenters. The monoisotopic (exact) mass is 483 g/mol. The van der Waals surface area contributed by atoms with Crippen LogP contribution < -0.4 is 4.74 Å². The number of rotatable bonds is 5. The topological polar surface area (TPSA) is 85.5 Å². The van der Waals surface area contributed by atoms with E-state index >= 15 is 0 Å². The number of nitrogens with zero attached hydrogens (tertiary/aromatic N) is 3. The zero-order chi connectivity index (χ0) is 23.8. The molecule has 8 heteroatoms. The van der Waals surface area contributed by atoms with Gasteiger partial charge >= 0.3 is 0 Å².